The second-order valence-electron chi connectivity index (χ2n) is 7.89. The zero-order valence-corrected chi connectivity index (χ0v) is 16.9. The van der Waals surface area contributed by atoms with Gasteiger partial charge in [-0.15, -0.1) is 0 Å². The summed E-state index contributed by atoms with van der Waals surface area (Å²) in [6.07, 6.45) is 0. The molecule has 2 nitrogen and oxygen atoms in total. The molecule has 144 valence electrons. The SMILES string of the molecule is Cc1cccc(-c2cc3c(c(-c4cccc(C)c4)c2)C(=O)c2ccccc2C3=O)c1. The van der Waals surface area contributed by atoms with Crippen LogP contribution >= 0.6 is 0 Å². The predicted molar refractivity (Wildman–Crippen MR) is 120 cm³/mol. The first-order valence-corrected chi connectivity index (χ1v) is 10.0. The van der Waals surface area contributed by atoms with E-state index in [1.807, 2.05) is 68.4 Å². The van der Waals surface area contributed by atoms with Crippen LogP contribution in [0.2, 0.25) is 0 Å². The number of aryl methyl sites for hydroxylation is 2. The smallest absolute Gasteiger partial charge is 0.195 e. The van der Waals surface area contributed by atoms with Crippen LogP contribution in [0.4, 0.5) is 0 Å². The molecular weight excluding hydrogens is 368 g/mol. The first-order valence-electron chi connectivity index (χ1n) is 10.0. The van der Waals surface area contributed by atoms with Crippen molar-refractivity contribution in [2.75, 3.05) is 0 Å². The molecule has 1 aliphatic carbocycles. The molecule has 0 unspecified atom stereocenters. The summed E-state index contributed by atoms with van der Waals surface area (Å²) >= 11 is 0. The van der Waals surface area contributed by atoms with Crippen molar-refractivity contribution in [3.05, 3.63) is 118 Å². The van der Waals surface area contributed by atoms with Crippen LogP contribution in [0.15, 0.2) is 84.9 Å². The minimum atomic E-state index is -0.0939. The summed E-state index contributed by atoms with van der Waals surface area (Å²) in [7, 11) is 0. The molecule has 0 aliphatic heterocycles. The second kappa shape index (κ2) is 6.93. The fourth-order valence-corrected chi connectivity index (χ4v) is 4.26. The van der Waals surface area contributed by atoms with E-state index in [2.05, 4.69) is 12.1 Å². The quantitative estimate of drug-likeness (QED) is 0.350. The molecule has 4 aromatic rings. The summed E-state index contributed by atoms with van der Waals surface area (Å²) in [5, 5.41) is 0. The number of benzene rings is 4. The maximum absolute atomic E-state index is 13.5. The molecule has 0 amide bonds. The standard InChI is InChI=1S/C28H20O2/c1-17-7-5-9-19(13-17)21-15-24(20-10-6-8-18(2)14-20)26-25(16-21)27(29)22-11-3-4-12-23(22)28(26)30/h3-16H,1-2H3. The van der Waals surface area contributed by atoms with Gasteiger partial charge in [-0.05, 0) is 48.2 Å². The topological polar surface area (TPSA) is 34.1 Å². The molecule has 0 atom stereocenters. The van der Waals surface area contributed by atoms with E-state index in [1.54, 1.807) is 18.2 Å². The molecular formula is C28H20O2. The molecule has 0 radical (unpaired) electrons. The van der Waals surface area contributed by atoms with E-state index in [0.29, 0.717) is 22.3 Å². The first kappa shape index (κ1) is 18.3. The second-order valence-corrected chi connectivity index (χ2v) is 7.89. The number of ketones is 2. The number of fused-ring (bicyclic) bond motifs is 2. The normalized spacial score (nSPS) is 12.5. The Labute approximate surface area is 175 Å². The third-order valence-electron chi connectivity index (χ3n) is 5.71. The van der Waals surface area contributed by atoms with Crippen LogP contribution in [-0.2, 0) is 0 Å². The van der Waals surface area contributed by atoms with Crippen molar-refractivity contribution in [1.29, 1.82) is 0 Å². The van der Waals surface area contributed by atoms with Gasteiger partial charge in [-0.2, -0.15) is 0 Å². The summed E-state index contributed by atoms with van der Waals surface area (Å²) < 4.78 is 0. The molecule has 0 fully saturated rings. The van der Waals surface area contributed by atoms with Crippen molar-refractivity contribution in [3.63, 3.8) is 0 Å². The number of carbonyl (C=O) groups excluding carboxylic acids is 2. The van der Waals surface area contributed by atoms with E-state index in [9.17, 15) is 9.59 Å². The van der Waals surface area contributed by atoms with E-state index >= 15 is 0 Å². The predicted octanol–water partition coefficient (Wildman–Crippen LogP) is 6.41. The highest BCUT2D eigenvalue weighted by Gasteiger charge is 2.32. The summed E-state index contributed by atoms with van der Waals surface area (Å²) in [4.78, 5) is 26.9. The molecule has 4 aromatic carbocycles. The van der Waals surface area contributed by atoms with Gasteiger partial charge in [-0.25, -0.2) is 0 Å². The van der Waals surface area contributed by atoms with Crippen molar-refractivity contribution >= 4 is 11.6 Å². The van der Waals surface area contributed by atoms with Gasteiger partial charge >= 0.3 is 0 Å². The van der Waals surface area contributed by atoms with Crippen LogP contribution in [0.5, 0.6) is 0 Å². The Morgan fingerprint density at radius 3 is 1.70 bits per heavy atom. The fraction of sp³-hybridized carbons (Fsp3) is 0.0714. The van der Waals surface area contributed by atoms with Gasteiger partial charge in [0, 0.05) is 22.3 Å². The number of rotatable bonds is 2. The van der Waals surface area contributed by atoms with Crippen LogP contribution in [0, 0.1) is 13.8 Å². The average Bonchev–Trinajstić information content (AvgIpc) is 2.76. The average molecular weight is 388 g/mol. The van der Waals surface area contributed by atoms with Crippen LogP contribution < -0.4 is 0 Å². The molecule has 0 spiro atoms. The maximum atomic E-state index is 13.5. The highest BCUT2D eigenvalue weighted by Crippen LogP contribution is 2.38. The zero-order valence-electron chi connectivity index (χ0n) is 16.9. The molecule has 0 aromatic heterocycles. The van der Waals surface area contributed by atoms with Gasteiger partial charge < -0.3 is 0 Å². The summed E-state index contributed by atoms with van der Waals surface area (Å²) in [6.45, 7) is 4.08. The van der Waals surface area contributed by atoms with E-state index in [4.69, 9.17) is 0 Å². The Morgan fingerprint density at radius 1 is 0.467 bits per heavy atom. The molecule has 30 heavy (non-hydrogen) atoms. The molecule has 2 heteroatoms. The Bertz CT molecular complexity index is 1340. The lowest BCUT2D eigenvalue weighted by molar-refractivity contribution is 0.0979. The molecule has 0 bridgehead atoms. The minimum Gasteiger partial charge on any atom is -0.289 e. The number of carbonyl (C=O) groups is 2. The van der Waals surface area contributed by atoms with Gasteiger partial charge in [0.05, 0.1) is 0 Å². The first-order chi connectivity index (χ1) is 14.5. The highest BCUT2D eigenvalue weighted by atomic mass is 16.1. The van der Waals surface area contributed by atoms with E-state index in [0.717, 1.165) is 33.4 Å². The monoisotopic (exact) mass is 388 g/mol. The Balaban J connectivity index is 1.84. The lowest BCUT2D eigenvalue weighted by Gasteiger charge is -2.22. The molecule has 5 rings (SSSR count). The summed E-state index contributed by atoms with van der Waals surface area (Å²) in [6, 6.07) is 27.3. The van der Waals surface area contributed by atoms with Gasteiger partial charge in [0.1, 0.15) is 0 Å². The summed E-state index contributed by atoms with van der Waals surface area (Å²) in [5.41, 5.74) is 7.92. The van der Waals surface area contributed by atoms with Gasteiger partial charge in [-0.1, -0.05) is 83.9 Å². The van der Waals surface area contributed by atoms with Crippen LogP contribution in [0.3, 0.4) is 0 Å². The van der Waals surface area contributed by atoms with E-state index in [1.165, 1.54) is 0 Å². The number of hydrogen-bond acceptors (Lipinski definition) is 2. The van der Waals surface area contributed by atoms with Crippen molar-refractivity contribution in [2.45, 2.75) is 13.8 Å². The van der Waals surface area contributed by atoms with Crippen LogP contribution in [0.25, 0.3) is 22.3 Å². The van der Waals surface area contributed by atoms with Crippen molar-refractivity contribution < 1.29 is 9.59 Å². The molecule has 0 saturated heterocycles. The Hall–Kier alpha value is -3.78. The molecule has 0 heterocycles. The fourth-order valence-electron chi connectivity index (χ4n) is 4.26. The van der Waals surface area contributed by atoms with Gasteiger partial charge in [-0.3, -0.25) is 9.59 Å². The van der Waals surface area contributed by atoms with Gasteiger partial charge in [0.15, 0.2) is 11.6 Å². The van der Waals surface area contributed by atoms with E-state index < -0.39 is 0 Å². The zero-order chi connectivity index (χ0) is 20.8. The van der Waals surface area contributed by atoms with E-state index in [-0.39, 0.29) is 11.6 Å². The third-order valence-corrected chi connectivity index (χ3v) is 5.71. The van der Waals surface area contributed by atoms with Crippen molar-refractivity contribution in [2.24, 2.45) is 0 Å². The molecule has 0 saturated carbocycles. The lowest BCUT2D eigenvalue weighted by atomic mass is 9.78. The van der Waals surface area contributed by atoms with Crippen molar-refractivity contribution in [1.82, 2.24) is 0 Å². The maximum Gasteiger partial charge on any atom is 0.195 e. The third kappa shape index (κ3) is 2.89. The van der Waals surface area contributed by atoms with Crippen LogP contribution in [0.1, 0.15) is 43.0 Å². The Morgan fingerprint density at radius 2 is 1.03 bits per heavy atom. The van der Waals surface area contributed by atoms with Crippen LogP contribution in [-0.4, -0.2) is 11.6 Å². The Kier molecular flexibility index (Phi) is 4.22. The minimum absolute atomic E-state index is 0.0903. The molecule has 0 N–H and O–H groups in total. The number of hydrogen-bond donors (Lipinski definition) is 0. The van der Waals surface area contributed by atoms with Crippen molar-refractivity contribution in [3.8, 4) is 22.3 Å². The van der Waals surface area contributed by atoms with Gasteiger partial charge in [0.2, 0.25) is 0 Å². The van der Waals surface area contributed by atoms with Gasteiger partial charge in [0.25, 0.3) is 0 Å². The largest absolute Gasteiger partial charge is 0.289 e. The molecule has 1 aliphatic rings. The lowest BCUT2D eigenvalue weighted by Crippen LogP contribution is -2.22. The summed E-state index contributed by atoms with van der Waals surface area (Å²) in [5.74, 6) is -0.184. The highest BCUT2D eigenvalue weighted by molar-refractivity contribution is 6.30.